The maximum absolute atomic E-state index is 6.48. The molecule has 1 atom stereocenters. The predicted molar refractivity (Wildman–Crippen MR) is 201 cm³/mol. The molecular formula is C44H44N4OPt. The van der Waals surface area contributed by atoms with E-state index in [0.29, 0.717) is 17.4 Å². The molecule has 5 nitrogen and oxygen atoms in total. The Kier molecular flexibility index (Phi) is 10.7. The summed E-state index contributed by atoms with van der Waals surface area (Å²) in [6, 6.07) is 38.8. The fraction of sp³-hybridized carbons (Fsp3) is 0.273. The third kappa shape index (κ3) is 7.07. The summed E-state index contributed by atoms with van der Waals surface area (Å²) in [4.78, 5) is 4.83. The Balaban J connectivity index is 0.00000432. The number of pyridine rings is 1. The minimum atomic E-state index is 0. The molecule has 1 unspecified atom stereocenters. The first kappa shape index (κ1) is 35.4. The van der Waals surface area contributed by atoms with Gasteiger partial charge in [-0.3, -0.25) is 4.68 Å². The smallest absolute Gasteiger partial charge is 0.509 e. The molecule has 4 aromatic carbocycles. The minimum Gasteiger partial charge on any atom is -0.509 e. The maximum Gasteiger partial charge on any atom is 2.00 e. The molecule has 256 valence electrons. The first-order chi connectivity index (χ1) is 23.8. The second kappa shape index (κ2) is 15.2. The summed E-state index contributed by atoms with van der Waals surface area (Å²) in [5, 5.41) is 7.23. The van der Waals surface area contributed by atoms with Crippen molar-refractivity contribution in [2.24, 2.45) is 5.92 Å². The van der Waals surface area contributed by atoms with Gasteiger partial charge in [-0.25, -0.2) is 4.98 Å². The number of nitrogens with zero attached hydrogens (tertiary/aromatic N) is 4. The van der Waals surface area contributed by atoms with E-state index in [0.717, 1.165) is 62.8 Å². The molecule has 0 bridgehead atoms. The van der Waals surface area contributed by atoms with Gasteiger partial charge in [0.25, 0.3) is 0 Å². The molecule has 0 N–H and O–H groups in total. The number of aryl methyl sites for hydroxylation is 2. The van der Waals surface area contributed by atoms with Crippen LogP contribution in [0, 0.1) is 31.9 Å². The van der Waals surface area contributed by atoms with Gasteiger partial charge in [0.1, 0.15) is 5.82 Å². The fourth-order valence-corrected chi connectivity index (χ4v) is 6.99. The van der Waals surface area contributed by atoms with E-state index in [1.807, 2.05) is 41.2 Å². The third-order valence-electron chi connectivity index (χ3n) is 9.66. The number of aromatic nitrogens is 4. The zero-order valence-corrected chi connectivity index (χ0v) is 32.0. The number of hydrogen-bond donors (Lipinski definition) is 0. The van der Waals surface area contributed by atoms with Crippen LogP contribution in [0.4, 0.5) is 0 Å². The number of benzene rings is 4. The van der Waals surface area contributed by atoms with Gasteiger partial charge in [0.2, 0.25) is 0 Å². The Morgan fingerprint density at radius 3 is 2.38 bits per heavy atom. The summed E-state index contributed by atoms with van der Waals surface area (Å²) >= 11 is 0. The number of hydrogen-bond acceptors (Lipinski definition) is 3. The van der Waals surface area contributed by atoms with Crippen LogP contribution >= 0.6 is 0 Å². The average molecular weight is 840 g/mol. The fourth-order valence-electron chi connectivity index (χ4n) is 6.99. The van der Waals surface area contributed by atoms with E-state index in [9.17, 15) is 0 Å². The van der Waals surface area contributed by atoms with Crippen molar-refractivity contribution >= 4 is 21.8 Å². The van der Waals surface area contributed by atoms with Gasteiger partial charge in [0.15, 0.2) is 0 Å². The van der Waals surface area contributed by atoms with Gasteiger partial charge in [0.05, 0.1) is 5.69 Å². The van der Waals surface area contributed by atoms with Crippen molar-refractivity contribution in [2.45, 2.75) is 73.1 Å². The summed E-state index contributed by atoms with van der Waals surface area (Å²) in [5.41, 5.74) is 9.84. The van der Waals surface area contributed by atoms with E-state index in [1.54, 1.807) is 0 Å². The molecule has 0 amide bonds. The van der Waals surface area contributed by atoms with Crippen molar-refractivity contribution in [3.8, 4) is 34.1 Å². The molecule has 0 radical (unpaired) electrons. The molecule has 3 heterocycles. The van der Waals surface area contributed by atoms with Gasteiger partial charge in [-0.05, 0) is 84.5 Å². The second-order valence-electron chi connectivity index (χ2n) is 13.6. The maximum atomic E-state index is 6.48. The van der Waals surface area contributed by atoms with Crippen molar-refractivity contribution in [1.29, 1.82) is 0 Å². The third-order valence-corrected chi connectivity index (χ3v) is 9.66. The Labute approximate surface area is 310 Å². The van der Waals surface area contributed by atoms with Gasteiger partial charge in [-0.15, -0.1) is 35.7 Å². The van der Waals surface area contributed by atoms with E-state index in [-0.39, 0.29) is 21.1 Å². The van der Waals surface area contributed by atoms with Crippen molar-refractivity contribution in [3.63, 3.8) is 0 Å². The van der Waals surface area contributed by atoms with Crippen LogP contribution in [0.5, 0.6) is 11.5 Å². The molecule has 0 fully saturated rings. The van der Waals surface area contributed by atoms with Gasteiger partial charge in [-0.2, -0.15) is 17.2 Å². The molecule has 0 aliphatic rings. The van der Waals surface area contributed by atoms with E-state index >= 15 is 0 Å². The molecule has 0 saturated carbocycles. The Morgan fingerprint density at radius 2 is 1.60 bits per heavy atom. The molecule has 50 heavy (non-hydrogen) atoms. The van der Waals surface area contributed by atoms with E-state index in [4.69, 9.17) is 14.8 Å². The average Bonchev–Trinajstić information content (AvgIpc) is 3.60. The van der Waals surface area contributed by atoms with Crippen molar-refractivity contribution in [1.82, 2.24) is 19.3 Å². The summed E-state index contributed by atoms with van der Waals surface area (Å²) in [5.74, 6) is 3.34. The molecule has 0 saturated heterocycles. The normalized spacial score (nSPS) is 12.1. The first-order valence-electron chi connectivity index (χ1n) is 17.6. The van der Waals surface area contributed by atoms with E-state index in [1.165, 1.54) is 35.8 Å². The van der Waals surface area contributed by atoms with Gasteiger partial charge >= 0.3 is 21.1 Å². The summed E-state index contributed by atoms with van der Waals surface area (Å²) < 4.78 is 10.7. The number of ether oxygens (including phenoxy) is 1. The Morgan fingerprint density at radius 1 is 0.800 bits per heavy atom. The van der Waals surface area contributed by atoms with Crippen LogP contribution in [0.15, 0.2) is 97.2 Å². The molecule has 6 heteroatoms. The first-order valence-corrected chi connectivity index (χ1v) is 17.6. The monoisotopic (exact) mass is 839 g/mol. The molecular weight excluding hydrogens is 796 g/mol. The van der Waals surface area contributed by atoms with Gasteiger partial charge in [-0.1, -0.05) is 88.5 Å². The van der Waals surface area contributed by atoms with Crippen molar-refractivity contribution < 1.29 is 25.8 Å². The van der Waals surface area contributed by atoms with Crippen LogP contribution in [0.2, 0.25) is 0 Å². The zero-order chi connectivity index (χ0) is 34.1. The molecule has 3 aromatic heterocycles. The van der Waals surface area contributed by atoms with Crippen molar-refractivity contribution in [2.75, 3.05) is 0 Å². The van der Waals surface area contributed by atoms with Crippen LogP contribution in [-0.2, 0) is 27.5 Å². The summed E-state index contributed by atoms with van der Waals surface area (Å²) in [6.45, 7) is 13.3. The molecule has 7 aromatic rings. The second-order valence-corrected chi connectivity index (χ2v) is 13.6. The largest absolute Gasteiger partial charge is 2.00 e. The topological polar surface area (TPSA) is 44.9 Å². The molecule has 7 rings (SSSR count). The van der Waals surface area contributed by atoms with Gasteiger partial charge < -0.3 is 9.30 Å². The van der Waals surface area contributed by atoms with Crippen LogP contribution in [-0.4, -0.2) is 19.3 Å². The predicted octanol–water partition coefficient (Wildman–Crippen LogP) is 11.5. The number of fused-ring (bicyclic) bond motifs is 3. The Hall–Kier alpha value is -4.47. The van der Waals surface area contributed by atoms with Crippen LogP contribution in [0.1, 0.15) is 75.4 Å². The molecule has 0 aliphatic carbocycles. The summed E-state index contributed by atoms with van der Waals surface area (Å²) in [7, 11) is 0. The van der Waals surface area contributed by atoms with Crippen molar-refractivity contribution in [3.05, 3.63) is 132 Å². The SMILES string of the molecule is CCc1ccnc(-n2c3[c-]c(Oc4[c-]c(-n5nc(C)c(-c6ccccc6)c5C)ccc4)ccc3c3cc(C(C)CCCC(C)C)ccc32)c1.[Pt+2]. The van der Waals surface area contributed by atoms with E-state index in [2.05, 4.69) is 119 Å². The Bertz CT molecular complexity index is 2250. The molecule has 0 spiro atoms. The number of rotatable bonds is 11. The minimum absolute atomic E-state index is 0. The standard InChI is InChI=1S/C44H44N4O.Pt/c1-7-33-23-24-45-43(25-33)47-41-22-19-35(30(4)14-11-13-29(2)3)26-40(41)39-21-20-38(28-42(39)47)49-37-18-12-17-36(27-37)48-32(6)44(31(5)46-48)34-15-9-8-10-16-34;/h8-10,12,15-26,29-30H,7,11,13-14H2,1-6H3;/q-2;+2. The quantitative estimate of drug-likeness (QED) is 0.122. The molecule has 0 aliphatic heterocycles. The van der Waals surface area contributed by atoms with Crippen LogP contribution in [0.3, 0.4) is 0 Å². The van der Waals surface area contributed by atoms with Gasteiger partial charge in [0, 0.05) is 34.5 Å². The van der Waals surface area contributed by atoms with E-state index < -0.39 is 0 Å². The van der Waals surface area contributed by atoms with Crippen LogP contribution in [0.25, 0.3) is 44.4 Å². The zero-order valence-electron chi connectivity index (χ0n) is 29.7. The van der Waals surface area contributed by atoms with Crippen LogP contribution < -0.4 is 4.74 Å². The summed E-state index contributed by atoms with van der Waals surface area (Å²) in [6.07, 6.45) is 6.54.